The van der Waals surface area contributed by atoms with Gasteiger partial charge in [0.05, 0.1) is 23.5 Å². The van der Waals surface area contributed by atoms with E-state index >= 15 is 0 Å². The number of ether oxygens (including phenoxy) is 1. The van der Waals surface area contributed by atoms with Gasteiger partial charge in [-0.15, -0.1) is 0 Å². The fourth-order valence-electron chi connectivity index (χ4n) is 2.92. The quantitative estimate of drug-likeness (QED) is 0.494. The highest BCUT2D eigenvalue weighted by atomic mass is 32.2. The summed E-state index contributed by atoms with van der Waals surface area (Å²) in [6.07, 6.45) is -0.351. The predicted molar refractivity (Wildman–Crippen MR) is 98.0 cm³/mol. The lowest BCUT2D eigenvalue weighted by Crippen LogP contribution is -2.56. The normalized spacial score (nSPS) is 15.4. The molecule has 2 aromatic carbocycles. The second-order valence-electron chi connectivity index (χ2n) is 6.13. The molecule has 1 aliphatic heterocycles. The van der Waals surface area contributed by atoms with Crippen LogP contribution in [0.3, 0.4) is 0 Å². The Morgan fingerprint density at radius 3 is 2.52 bits per heavy atom. The van der Waals surface area contributed by atoms with Gasteiger partial charge >= 0.3 is 0 Å². The molecule has 4 rings (SSSR count). The number of pyridine rings is 1. The van der Waals surface area contributed by atoms with E-state index in [1.165, 1.54) is 28.6 Å². The van der Waals surface area contributed by atoms with E-state index in [9.17, 15) is 18.5 Å². The lowest BCUT2D eigenvalue weighted by molar-refractivity contribution is -0.387. The molecule has 0 saturated carbocycles. The van der Waals surface area contributed by atoms with E-state index in [2.05, 4.69) is 4.98 Å². The molecule has 0 radical (unpaired) electrons. The van der Waals surface area contributed by atoms with E-state index in [4.69, 9.17) is 4.74 Å². The monoisotopic (exact) mass is 385 g/mol. The first kappa shape index (κ1) is 17.4. The molecule has 1 aromatic heterocycles. The zero-order valence-corrected chi connectivity index (χ0v) is 14.9. The molecule has 0 aliphatic carbocycles. The van der Waals surface area contributed by atoms with E-state index in [0.717, 1.165) is 10.9 Å². The van der Waals surface area contributed by atoms with E-state index < -0.39 is 20.6 Å². The van der Waals surface area contributed by atoms with E-state index in [0.29, 0.717) is 5.88 Å². The van der Waals surface area contributed by atoms with Crippen molar-refractivity contribution in [3.05, 3.63) is 70.8 Å². The Kier molecular flexibility index (Phi) is 4.25. The van der Waals surface area contributed by atoms with Gasteiger partial charge in [-0.25, -0.2) is 13.4 Å². The Morgan fingerprint density at radius 1 is 1.04 bits per heavy atom. The highest BCUT2D eigenvalue weighted by molar-refractivity contribution is 7.89. The van der Waals surface area contributed by atoms with Crippen molar-refractivity contribution >= 4 is 26.6 Å². The van der Waals surface area contributed by atoms with E-state index in [-0.39, 0.29) is 24.1 Å². The summed E-state index contributed by atoms with van der Waals surface area (Å²) in [5.41, 5.74) is 0.358. The number of hydrogen-bond donors (Lipinski definition) is 0. The molecule has 0 bridgehead atoms. The van der Waals surface area contributed by atoms with Crippen LogP contribution in [0.2, 0.25) is 0 Å². The van der Waals surface area contributed by atoms with Crippen LogP contribution < -0.4 is 4.74 Å². The summed E-state index contributed by atoms with van der Waals surface area (Å²) in [5.74, 6) is 0.418. The van der Waals surface area contributed by atoms with Crippen LogP contribution in [0.5, 0.6) is 5.88 Å². The van der Waals surface area contributed by atoms with Gasteiger partial charge in [0, 0.05) is 17.5 Å². The Labute approximate surface area is 155 Å². The lowest BCUT2D eigenvalue weighted by Gasteiger charge is -2.37. The van der Waals surface area contributed by atoms with Crippen LogP contribution in [0, 0.1) is 10.1 Å². The second-order valence-corrected chi connectivity index (χ2v) is 8.04. The third kappa shape index (κ3) is 3.22. The number of fused-ring (bicyclic) bond motifs is 1. The minimum atomic E-state index is -3.95. The smallest absolute Gasteiger partial charge is 0.289 e. The first-order valence-electron chi connectivity index (χ1n) is 8.21. The summed E-state index contributed by atoms with van der Waals surface area (Å²) < 4.78 is 32.2. The van der Waals surface area contributed by atoms with Crippen LogP contribution in [0.15, 0.2) is 65.6 Å². The van der Waals surface area contributed by atoms with Crippen LogP contribution >= 0.6 is 0 Å². The third-order valence-corrected chi connectivity index (χ3v) is 6.23. The number of para-hydroxylation sites is 2. The van der Waals surface area contributed by atoms with Crippen molar-refractivity contribution in [2.24, 2.45) is 0 Å². The van der Waals surface area contributed by atoms with Crippen molar-refractivity contribution < 1.29 is 18.1 Å². The van der Waals surface area contributed by atoms with Gasteiger partial charge in [0.15, 0.2) is 4.90 Å². The number of aromatic nitrogens is 1. The number of hydrogen-bond acceptors (Lipinski definition) is 6. The molecule has 3 aromatic rings. The molecule has 0 atom stereocenters. The van der Waals surface area contributed by atoms with Gasteiger partial charge in [-0.05, 0) is 18.2 Å². The first-order valence-corrected chi connectivity index (χ1v) is 9.65. The van der Waals surface area contributed by atoms with Crippen molar-refractivity contribution in [1.82, 2.24) is 9.29 Å². The Morgan fingerprint density at radius 2 is 1.74 bits per heavy atom. The molecule has 9 heteroatoms. The van der Waals surface area contributed by atoms with Gasteiger partial charge in [-0.1, -0.05) is 30.3 Å². The summed E-state index contributed by atoms with van der Waals surface area (Å²) in [5, 5.41) is 12.1. The number of nitrogens with zero attached hydrogens (tertiary/aromatic N) is 3. The van der Waals surface area contributed by atoms with E-state index in [1.54, 1.807) is 6.07 Å². The van der Waals surface area contributed by atoms with Crippen molar-refractivity contribution in [3.63, 3.8) is 0 Å². The summed E-state index contributed by atoms with van der Waals surface area (Å²) in [6.45, 7) is 0.228. The van der Waals surface area contributed by atoms with Crippen LogP contribution in [-0.4, -0.2) is 41.8 Å². The zero-order valence-electron chi connectivity index (χ0n) is 14.1. The number of sulfonamides is 1. The second kappa shape index (κ2) is 6.60. The van der Waals surface area contributed by atoms with Gasteiger partial charge in [0.1, 0.15) is 6.10 Å². The molecule has 0 spiro atoms. The number of benzene rings is 2. The molecule has 138 valence electrons. The first-order chi connectivity index (χ1) is 12.9. The topological polar surface area (TPSA) is 103 Å². The molecule has 2 heterocycles. The minimum absolute atomic E-state index is 0.114. The molecule has 8 nitrogen and oxygen atoms in total. The fourth-order valence-corrected chi connectivity index (χ4v) is 4.58. The van der Waals surface area contributed by atoms with Crippen molar-refractivity contribution in [3.8, 4) is 5.88 Å². The Hall–Kier alpha value is -3.04. The lowest BCUT2D eigenvalue weighted by atomic mass is 10.2. The largest absolute Gasteiger partial charge is 0.472 e. The third-order valence-electron chi connectivity index (χ3n) is 4.35. The predicted octanol–water partition coefficient (Wildman–Crippen LogP) is 2.59. The zero-order chi connectivity index (χ0) is 19.0. The van der Waals surface area contributed by atoms with E-state index in [1.807, 2.05) is 30.3 Å². The van der Waals surface area contributed by atoms with Crippen LogP contribution in [0.1, 0.15) is 0 Å². The van der Waals surface area contributed by atoms with Gasteiger partial charge in [-0.3, -0.25) is 10.1 Å². The van der Waals surface area contributed by atoms with Gasteiger partial charge in [0.2, 0.25) is 15.9 Å². The van der Waals surface area contributed by atoms with Gasteiger partial charge in [-0.2, -0.15) is 4.31 Å². The summed E-state index contributed by atoms with van der Waals surface area (Å²) in [6, 6.07) is 16.6. The van der Waals surface area contributed by atoms with Gasteiger partial charge < -0.3 is 4.74 Å². The molecule has 1 aliphatic rings. The summed E-state index contributed by atoms with van der Waals surface area (Å²) >= 11 is 0. The minimum Gasteiger partial charge on any atom is -0.472 e. The molecule has 0 amide bonds. The standard InChI is InChI=1S/C18H15N3O5S/c22-21(23)16-7-3-4-8-17(16)27(24,25)20-11-14(12-20)26-18-10-9-13-5-1-2-6-15(13)19-18/h1-10,14H,11-12H2. The summed E-state index contributed by atoms with van der Waals surface area (Å²) in [4.78, 5) is 14.5. The Bertz CT molecular complexity index is 1130. The maximum absolute atomic E-state index is 12.7. The number of rotatable bonds is 5. The molecule has 27 heavy (non-hydrogen) atoms. The van der Waals surface area contributed by atoms with Gasteiger partial charge in [0.25, 0.3) is 5.69 Å². The van der Waals surface area contributed by atoms with Crippen LogP contribution in [0.25, 0.3) is 10.9 Å². The molecule has 0 unspecified atom stereocenters. The summed E-state index contributed by atoms with van der Waals surface area (Å²) in [7, 11) is -3.95. The fraction of sp³-hybridized carbons (Fsp3) is 0.167. The van der Waals surface area contributed by atoms with Crippen LogP contribution in [-0.2, 0) is 10.0 Å². The average molecular weight is 385 g/mol. The SMILES string of the molecule is O=[N+]([O-])c1ccccc1S(=O)(=O)N1CC(Oc2ccc3ccccc3n2)C1. The maximum atomic E-state index is 12.7. The molecular weight excluding hydrogens is 370 g/mol. The average Bonchev–Trinajstić information content (AvgIpc) is 2.64. The number of nitro groups is 1. The molecule has 1 saturated heterocycles. The molecule has 0 N–H and O–H groups in total. The maximum Gasteiger partial charge on any atom is 0.289 e. The molecular formula is C18H15N3O5S. The Balaban J connectivity index is 1.48. The highest BCUT2D eigenvalue weighted by Crippen LogP contribution is 2.30. The number of nitro benzene ring substituents is 1. The van der Waals surface area contributed by atoms with Crippen molar-refractivity contribution in [2.75, 3.05) is 13.1 Å². The highest BCUT2D eigenvalue weighted by Gasteiger charge is 2.41. The van der Waals surface area contributed by atoms with Crippen molar-refractivity contribution in [1.29, 1.82) is 0 Å². The van der Waals surface area contributed by atoms with Crippen LogP contribution in [0.4, 0.5) is 5.69 Å². The molecule has 1 fully saturated rings. The van der Waals surface area contributed by atoms with Crippen molar-refractivity contribution in [2.45, 2.75) is 11.0 Å².